The van der Waals surface area contributed by atoms with Crippen molar-refractivity contribution in [3.63, 3.8) is 0 Å². The summed E-state index contributed by atoms with van der Waals surface area (Å²) in [5.41, 5.74) is 1.72. The standard InChI is InChI=1S/C13H13NO.HI/c1-3-5-11-8-7-10-6-4-9-14(2)12(10)13(11)15;/h3-9H,1-2H3;1H/b5-3-;. The third-order valence-electron chi connectivity index (χ3n) is 2.50. The van der Waals surface area contributed by atoms with Crippen LogP contribution in [-0.4, -0.2) is 5.11 Å². The Kier molecular flexibility index (Phi) is 4.29. The number of phenols is 1. The summed E-state index contributed by atoms with van der Waals surface area (Å²) >= 11 is 0. The number of pyridine rings is 1. The van der Waals surface area contributed by atoms with Crippen molar-refractivity contribution in [1.82, 2.24) is 0 Å². The van der Waals surface area contributed by atoms with Crippen LogP contribution in [-0.2, 0) is 7.05 Å². The molecular formula is C13H14INO. The number of nitrogens with zero attached hydrogens (tertiary/aromatic N) is 1. The second-order valence-electron chi connectivity index (χ2n) is 3.56. The van der Waals surface area contributed by atoms with Gasteiger partial charge >= 0.3 is 0 Å². The number of benzene rings is 1. The molecule has 1 N–H and O–H groups in total. The van der Waals surface area contributed by atoms with E-state index in [9.17, 15) is 5.11 Å². The molecule has 0 amide bonds. The van der Waals surface area contributed by atoms with Crippen molar-refractivity contribution >= 4 is 17.0 Å². The van der Waals surface area contributed by atoms with Crippen molar-refractivity contribution < 1.29 is 33.7 Å². The molecule has 3 heteroatoms. The quantitative estimate of drug-likeness (QED) is 0.549. The second-order valence-corrected chi connectivity index (χ2v) is 3.56. The third kappa shape index (κ3) is 2.19. The summed E-state index contributed by atoms with van der Waals surface area (Å²) in [6, 6.07) is 7.91. The molecule has 1 heterocycles. The Balaban J connectivity index is 0.00000128. The molecule has 0 aliphatic heterocycles. The summed E-state index contributed by atoms with van der Waals surface area (Å²) in [5.74, 6) is 0.341. The first-order chi connectivity index (χ1) is 7.24. The van der Waals surface area contributed by atoms with Gasteiger partial charge in [-0.05, 0) is 19.1 Å². The highest BCUT2D eigenvalue weighted by atomic mass is 127. The fraction of sp³-hybridized carbons (Fsp3) is 0.154. The average Bonchev–Trinajstić information content (AvgIpc) is 2.22. The van der Waals surface area contributed by atoms with Crippen LogP contribution in [0, 0.1) is 0 Å². The normalized spacial score (nSPS) is 10.6. The minimum atomic E-state index is 0. The Morgan fingerprint density at radius 3 is 2.69 bits per heavy atom. The number of aryl methyl sites for hydroxylation is 1. The Morgan fingerprint density at radius 1 is 1.25 bits per heavy atom. The fourth-order valence-corrected chi connectivity index (χ4v) is 1.78. The average molecular weight is 327 g/mol. The van der Waals surface area contributed by atoms with E-state index in [1.807, 2.05) is 61.2 Å². The molecule has 1 aromatic heterocycles. The topological polar surface area (TPSA) is 24.1 Å². The lowest BCUT2D eigenvalue weighted by Gasteiger charge is -2.02. The van der Waals surface area contributed by atoms with E-state index in [0.717, 1.165) is 16.5 Å². The van der Waals surface area contributed by atoms with Gasteiger partial charge < -0.3 is 29.1 Å². The van der Waals surface area contributed by atoms with Crippen LogP contribution in [0.15, 0.2) is 36.5 Å². The molecule has 84 valence electrons. The summed E-state index contributed by atoms with van der Waals surface area (Å²) in [4.78, 5) is 0. The molecule has 1 aromatic carbocycles. The van der Waals surface area contributed by atoms with Gasteiger partial charge in [0.2, 0.25) is 0 Å². The Morgan fingerprint density at radius 2 is 2.00 bits per heavy atom. The molecule has 0 saturated carbocycles. The molecule has 0 unspecified atom stereocenters. The Bertz CT molecular complexity index is 535. The molecule has 0 aliphatic rings. The zero-order valence-corrected chi connectivity index (χ0v) is 11.5. The maximum Gasteiger partial charge on any atom is 0.255 e. The first kappa shape index (κ1) is 13.0. The van der Waals surface area contributed by atoms with Crippen LogP contribution in [0.1, 0.15) is 12.5 Å². The van der Waals surface area contributed by atoms with Crippen molar-refractivity contribution in [1.29, 1.82) is 0 Å². The van der Waals surface area contributed by atoms with Gasteiger partial charge in [0.1, 0.15) is 7.05 Å². The molecule has 0 radical (unpaired) electrons. The van der Waals surface area contributed by atoms with E-state index in [-0.39, 0.29) is 24.0 Å². The lowest BCUT2D eigenvalue weighted by Crippen LogP contribution is -3.00. The summed E-state index contributed by atoms with van der Waals surface area (Å²) in [7, 11) is 1.93. The predicted molar refractivity (Wildman–Crippen MR) is 61.5 cm³/mol. The monoisotopic (exact) mass is 327 g/mol. The molecule has 0 fully saturated rings. The number of phenolic OH excluding ortho intramolecular Hbond substituents is 1. The number of fused-ring (bicyclic) bond motifs is 1. The lowest BCUT2D eigenvalue weighted by molar-refractivity contribution is -0.645. The maximum absolute atomic E-state index is 10.1. The van der Waals surface area contributed by atoms with E-state index in [1.54, 1.807) is 0 Å². The predicted octanol–water partition coefficient (Wildman–Crippen LogP) is -0.593. The van der Waals surface area contributed by atoms with Gasteiger partial charge in [-0.3, -0.25) is 0 Å². The van der Waals surface area contributed by atoms with Gasteiger partial charge in [-0.25, -0.2) is 0 Å². The van der Waals surface area contributed by atoms with Crippen LogP contribution in [0.3, 0.4) is 0 Å². The molecule has 0 bridgehead atoms. The zero-order valence-electron chi connectivity index (χ0n) is 9.31. The number of hydrogen-bond acceptors (Lipinski definition) is 1. The van der Waals surface area contributed by atoms with Crippen LogP contribution in [0.4, 0.5) is 0 Å². The zero-order chi connectivity index (χ0) is 10.8. The van der Waals surface area contributed by atoms with Gasteiger partial charge in [0.25, 0.3) is 5.52 Å². The van der Waals surface area contributed by atoms with Crippen LogP contribution in [0.25, 0.3) is 17.0 Å². The molecule has 0 saturated heterocycles. The van der Waals surface area contributed by atoms with Crippen molar-refractivity contribution in [2.45, 2.75) is 6.92 Å². The van der Waals surface area contributed by atoms with Crippen molar-refractivity contribution in [3.05, 3.63) is 42.1 Å². The minimum Gasteiger partial charge on any atom is -1.00 e. The number of aromatic hydroxyl groups is 1. The van der Waals surface area contributed by atoms with Gasteiger partial charge in [0, 0.05) is 11.6 Å². The van der Waals surface area contributed by atoms with Crippen molar-refractivity contribution in [3.8, 4) is 5.75 Å². The smallest absolute Gasteiger partial charge is 0.255 e. The van der Waals surface area contributed by atoms with Gasteiger partial charge in [-0.15, -0.1) is 0 Å². The van der Waals surface area contributed by atoms with E-state index in [0.29, 0.717) is 5.75 Å². The number of allylic oxidation sites excluding steroid dienone is 1. The van der Waals surface area contributed by atoms with E-state index < -0.39 is 0 Å². The molecule has 2 aromatic rings. The maximum atomic E-state index is 10.1. The van der Waals surface area contributed by atoms with E-state index >= 15 is 0 Å². The van der Waals surface area contributed by atoms with Gasteiger partial charge in [0.05, 0.1) is 5.39 Å². The van der Waals surface area contributed by atoms with Gasteiger partial charge in [0.15, 0.2) is 11.9 Å². The molecule has 16 heavy (non-hydrogen) atoms. The fourth-order valence-electron chi connectivity index (χ4n) is 1.78. The molecule has 2 rings (SSSR count). The number of rotatable bonds is 1. The molecular weight excluding hydrogens is 313 g/mol. The number of aromatic nitrogens is 1. The van der Waals surface area contributed by atoms with Crippen molar-refractivity contribution in [2.75, 3.05) is 0 Å². The molecule has 0 aliphatic carbocycles. The Hall–Kier alpha value is -1.10. The van der Waals surface area contributed by atoms with Crippen molar-refractivity contribution in [2.24, 2.45) is 7.05 Å². The molecule has 0 spiro atoms. The first-order valence-corrected chi connectivity index (χ1v) is 4.97. The largest absolute Gasteiger partial charge is 1.00 e. The number of hydrogen-bond donors (Lipinski definition) is 1. The van der Waals surface area contributed by atoms with Crippen LogP contribution < -0.4 is 28.5 Å². The summed E-state index contributed by atoms with van der Waals surface area (Å²) < 4.78 is 1.93. The summed E-state index contributed by atoms with van der Waals surface area (Å²) in [6.07, 6.45) is 5.76. The van der Waals surface area contributed by atoms with Gasteiger partial charge in [-0.2, -0.15) is 4.57 Å². The molecule has 0 atom stereocenters. The minimum absolute atomic E-state index is 0. The van der Waals surface area contributed by atoms with E-state index in [2.05, 4.69) is 0 Å². The highest BCUT2D eigenvalue weighted by Crippen LogP contribution is 2.26. The molecule has 2 nitrogen and oxygen atoms in total. The third-order valence-corrected chi connectivity index (χ3v) is 2.50. The van der Waals surface area contributed by atoms with Crippen LogP contribution >= 0.6 is 0 Å². The van der Waals surface area contributed by atoms with Gasteiger partial charge in [-0.1, -0.05) is 18.2 Å². The van der Waals surface area contributed by atoms with Crippen LogP contribution in [0.2, 0.25) is 0 Å². The van der Waals surface area contributed by atoms with E-state index in [1.165, 1.54) is 0 Å². The number of halogens is 1. The Labute approximate surface area is 112 Å². The highest BCUT2D eigenvalue weighted by Gasteiger charge is 2.12. The summed E-state index contributed by atoms with van der Waals surface area (Å²) in [6.45, 7) is 1.94. The summed E-state index contributed by atoms with van der Waals surface area (Å²) in [5, 5.41) is 11.1. The SMILES string of the molecule is C/C=C\c1ccc2ccc[n+](C)c2c1O.[I-]. The first-order valence-electron chi connectivity index (χ1n) is 4.97. The lowest BCUT2D eigenvalue weighted by atomic mass is 10.1. The van der Waals surface area contributed by atoms with Crippen LogP contribution in [0.5, 0.6) is 5.75 Å². The highest BCUT2D eigenvalue weighted by molar-refractivity contribution is 5.85. The second kappa shape index (κ2) is 5.30. The van der Waals surface area contributed by atoms with E-state index in [4.69, 9.17) is 0 Å².